The molecule has 0 saturated heterocycles. The summed E-state index contributed by atoms with van der Waals surface area (Å²) in [7, 11) is 0. The lowest BCUT2D eigenvalue weighted by Gasteiger charge is -2.13. The fraction of sp³-hybridized carbons (Fsp3) is 0.0500. The molecule has 0 aliphatic carbocycles. The average Bonchev–Trinajstić information content (AvgIpc) is 2.67. The van der Waals surface area contributed by atoms with Gasteiger partial charge in [0.05, 0.1) is 5.69 Å². The average molecular weight is 379 g/mol. The summed E-state index contributed by atoms with van der Waals surface area (Å²) in [5.41, 5.74) is 7.72. The molecule has 4 rings (SSSR count). The molecule has 2 aromatic carbocycles. The van der Waals surface area contributed by atoms with Gasteiger partial charge in [0.2, 0.25) is 5.88 Å². The van der Waals surface area contributed by atoms with Crippen molar-refractivity contribution in [3.63, 3.8) is 0 Å². The number of nitrogens with zero attached hydrogens (tertiary/aromatic N) is 3. The van der Waals surface area contributed by atoms with Gasteiger partial charge in [-0.05, 0) is 31.2 Å². The predicted molar refractivity (Wildman–Crippen MR) is 103 cm³/mol. The van der Waals surface area contributed by atoms with Gasteiger partial charge in [-0.2, -0.15) is 4.98 Å². The Labute approximate surface area is 159 Å². The van der Waals surface area contributed by atoms with Gasteiger partial charge in [-0.3, -0.25) is 0 Å². The van der Waals surface area contributed by atoms with Gasteiger partial charge in [-0.1, -0.05) is 18.2 Å². The third-order valence-corrected chi connectivity index (χ3v) is 4.06. The van der Waals surface area contributed by atoms with Crippen molar-refractivity contribution in [2.45, 2.75) is 6.92 Å². The van der Waals surface area contributed by atoms with Crippen molar-refractivity contribution in [1.82, 2.24) is 15.0 Å². The Morgan fingerprint density at radius 1 is 1.04 bits per heavy atom. The van der Waals surface area contributed by atoms with Gasteiger partial charge >= 0.3 is 0 Å². The molecule has 140 valence electrons. The maximum Gasteiger partial charge on any atom is 0.248 e. The number of nitrogen functional groups attached to an aromatic ring is 1. The number of aryl methyl sites for hydroxylation is 1. The summed E-state index contributed by atoms with van der Waals surface area (Å²) in [5, 5.41) is 3.63. The van der Waals surface area contributed by atoms with Gasteiger partial charge < -0.3 is 15.8 Å². The molecule has 6 nitrogen and oxygen atoms in total. The van der Waals surface area contributed by atoms with Crippen LogP contribution < -0.4 is 15.8 Å². The van der Waals surface area contributed by atoms with Crippen molar-refractivity contribution in [2.24, 2.45) is 0 Å². The molecule has 0 saturated carbocycles. The molecule has 3 N–H and O–H groups in total. The van der Waals surface area contributed by atoms with Crippen molar-refractivity contribution in [3.8, 4) is 11.6 Å². The van der Waals surface area contributed by atoms with Crippen LogP contribution in [0.4, 0.5) is 26.0 Å². The van der Waals surface area contributed by atoms with Crippen molar-refractivity contribution < 1.29 is 13.5 Å². The number of rotatable bonds is 4. The van der Waals surface area contributed by atoms with Crippen molar-refractivity contribution in [3.05, 3.63) is 72.2 Å². The Morgan fingerprint density at radius 2 is 1.89 bits per heavy atom. The Hall–Kier alpha value is -3.81. The second-order valence-corrected chi connectivity index (χ2v) is 6.07. The standard InChI is InChI=1S/C20H15F2N5O/c1-11-5-6-12-3-2-4-16(18(12)26-11)28-20-17(23)19(24-10-25-20)27-15-8-7-13(21)9-14(15)22/h2-10H,23H2,1H3,(H,24,25,27). The van der Waals surface area contributed by atoms with Crippen molar-refractivity contribution in [2.75, 3.05) is 11.1 Å². The SMILES string of the molecule is Cc1ccc2cccc(Oc3ncnc(Nc4ccc(F)cc4F)c3N)c2n1. The van der Waals surface area contributed by atoms with Gasteiger partial charge in [0.15, 0.2) is 11.6 Å². The second-order valence-electron chi connectivity index (χ2n) is 6.07. The number of aromatic nitrogens is 3. The van der Waals surface area contributed by atoms with Crippen LogP contribution in [0.5, 0.6) is 11.6 Å². The van der Waals surface area contributed by atoms with Crippen LogP contribution in [0.25, 0.3) is 10.9 Å². The monoisotopic (exact) mass is 379 g/mol. The summed E-state index contributed by atoms with van der Waals surface area (Å²) >= 11 is 0. The topological polar surface area (TPSA) is 86.0 Å². The molecule has 28 heavy (non-hydrogen) atoms. The zero-order chi connectivity index (χ0) is 19.7. The minimum Gasteiger partial charge on any atom is -0.435 e. The van der Waals surface area contributed by atoms with Gasteiger partial charge in [-0.25, -0.2) is 18.7 Å². The smallest absolute Gasteiger partial charge is 0.248 e. The highest BCUT2D eigenvalue weighted by molar-refractivity contribution is 5.85. The van der Waals surface area contributed by atoms with Crippen LogP contribution in [0.2, 0.25) is 0 Å². The van der Waals surface area contributed by atoms with Crippen LogP contribution in [-0.4, -0.2) is 15.0 Å². The number of nitrogens with two attached hydrogens (primary N) is 1. The molecule has 0 bridgehead atoms. The molecule has 0 amide bonds. The van der Waals surface area contributed by atoms with Gasteiger partial charge in [0.1, 0.15) is 29.2 Å². The lowest BCUT2D eigenvalue weighted by atomic mass is 10.2. The maximum absolute atomic E-state index is 13.9. The molecule has 8 heteroatoms. The number of pyridine rings is 1. The Kier molecular flexibility index (Phi) is 4.44. The Morgan fingerprint density at radius 3 is 2.71 bits per heavy atom. The summed E-state index contributed by atoms with van der Waals surface area (Å²) < 4.78 is 32.9. The van der Waals surface area contributed by atoms with Gasteiger partial charge in [0, 0.05) is 17.1 Å². The number of ether oxygens (including phenoxy) is 1. The first kappa shape index (κ1) is 17.6. The summed E-state index contributed by atoms with van der Waals surface area (Å²) in [6, 6.07) is 12.5. The fourth-order valence-electron chi connectivity index (χ4n) is 2.68. The Bertz CT molecular complexity index is 1180. The van der Waals surface area contributed by atoms with Gasteiger partial charge in [0.25, 0.3) is 0 Å². The molecule has 2 aromatic heterocycles. The number of halogens is 2. The number of nitrogens with one attached hydrogen (secondary N) is 1. The minimum absolute atomic E-state index is 0.0280. The highest BCUT2D eigenvalue weighted by Gasteiger charge is 2.14. The van der Waals surface area contributed by atoms with Crippen LogP contribution in [0.3, 0.4) is 0 Å². The number of hydrogen-bond donors (Lipinski definition) is 2. The van der Waals surface area contributed by atoms with E-state index in [1.54, 1.807) is 6.07 Å². The van der Waals surface area contributed by atoms with E-state index >= 15 is 0 Å². The van der Waals surface area contributed by atoms with E-state index in [-0.39, 0.29) is 23.1 Å². The lowest BCUT2D eigenvalue weighted by molar-refractivity contribution is 0.468. The molecule has 0 fully saturated rings. The van der Waals surface area contributed by atoms with E-state index in [9.17, 15) is 8.78 Å². The van der Waals surface area contributed by atoms with Crippen LogP contribution in [0.15, 0.2) is 54.9 Å². The van der Waals surface area contributed by atoms with E-state index in [1.807, 2.05) is 31.2 Å². The first-order valence-corrected chi connectivity index (χ1v) is 8.38. The summed E-state index contributed by atoms with van der Waals surface area (Å²) in [4.78, 5) is 12.6. The normalized spacial score (nSPS) is 10.8. The zero-order valence-electron chi connectivity index (χ0n) is 14.8. The van der Waals surface area contributed by atoms with E-state index in [2.05, 4.69) is 20.3 Å². The lowest BCUT2D eigenvalue weighted by Crippen LogP contribution is -2.04. The number of anilines is 3. The third-order valence-electron chi connectivity index (χ3n) is 4.06. The summed E-state index contributed by atoms with van der Waals surface area (Å²) in [5.74, 6) is -0.739. The molecular weight excluding hydrogens is 364 g/mol. The molecule has 0 aliphatic rings. The van der Waals surface area contributed by atoms with Gasteiger partial charge in [-0.15, -0.1) is 0 Å². The van der Waals surface area contributed by atoms with Crippen LogP contribution in [0.1, 0.15) is 5.69 Å². The summed E-state index contributed by atoms with van der Waals surface area (Å²) in [6.07, 6.45) is 1.24. The quantitative estimate of drug-likeness (QED) is 0.533. The molecule has 0 radical (unpaired) electrons. The predicted octanol–water partition coefficient (Wildman–Crippen LogP) is 4.73. The molecular formula is C20H15F2N5O. The molecule has 2 heterocycles. The highest BCUT2D eigenvalue weighted by atomic mass is 19.1. The van der Waals surface area contributed by atoms with E-state index in [0.29, 0.717) is 11.3 Å². The second kappa shape index (κ2) is 7.07. The number of benzene rings is 2. The van der Waals surface area contributed by atoms with Crippen LogP contribution in [0, 0.1) is 18.6 Å². The first-order chi connectivity index (χ1) is 13.5. The van der Waals surface area contributed by atoms with Crippen molar-refractivity contribution >= 4 is 28.1 Å². The molecule has 0 atom stereocenters. The Balaban J connectivity index is 1.69. The first-order valence-electron chi connectivity index (χ1n) is 8.38. The molecule has 0 aliphatic heterocycles. The van der Waals surface area contributed by atoms with Crippen LogP contribution >= 0.6 is 0 Å². The molecule has 0 unspecified atom stereocenters. The maximum atomic E-state index is 13.9. The number of hydrogen-bond acceptors (Lipinski definition) is 6. The number of para-hydroxylation sites is 1. The summed E-state index contributed by atoms with van der Waals surface area (Å²) in [6.45, 7) is 1.88. The van der Waals surface area contributed by atoms with E-state index in [1.165, 1.54) is 12.4 Å². The zero-order valence-corrected chi connectivity index (χ0v) is 14.8. The molecule has 4 aromatic rings. The molecule has 0 spiro atoms. The van der Waals surface area contributed by atoms with E-state index < -0.39 is 11.6 Å². The number of fused-ring (bicyclic) bond motifs is 1. The van der Waals surface area contributed by atoms with Crippen molar-refractivity contribution in [1.29, 1.82) is 0 Å². The minimum atomic E-state index is -0.769. The highest BCUT2D eigenvalue weighted by Crippen LogP contribution is 2.34. The van der Waals surface area contributed by atoms with E-state index in [0.717, 1.165) is 23.2 Å². The van der Waals surface area contributed by atoms with Crippen LogP contribution in [-0.2, 0) is 0 Å². The largest absolute Gasteiger partial charge is 0.435 e. The van der Waals surface area contributed by atoms with E-state index in [4.69, 9.17) is 10.5 Å². The fourth-order valence-corrected chi connectivity index (χ4v) is 2.68. The third kappa shape index (κ3) is 3.39.